The van der Waals surface area contributed by atoms with Crippen molar-refractivity contribution in [1.82, 2.24) is 9.56 Å². The summed E-state index contributed by atoms with van der Waals surface area (Å²) in [5.41, 5.74) is -1.10. The van der Waals surface area contributed by atoms with Gasteiger partial charge in [0.05, 0.1) is 22.4 Å². The Morgan fingerprint density at radius 3 is 2.51 bits per heavy atom. The van der Waals surface area contributed by atoms with Gasteiger partial charge in [0.25, 0.3) is 11.5 Å². The normalized spacial score (nSPS) is 11.5. The van der Waals surface area contributed by atoms with Crippen LogP contribution < -0.4 is 10.9 Å². The standard InChI is InChI=1S/C24H18F3N3O5/c1-13-10-20-28-15(11-21(31)30(20)35-13)12-34-23(33)16-7-5-9-19(14(16)2)29-22(32)17-6-3-4-8-18(17)24(25,26)27/h3-11H,12H2,1-2H3,(H,29,32). The molecule has 0 aliphatic carbocycles. The number of fused-ring (bicyclic) bond motifs is 1. The number of alkyl halides is 3. The summed E-state index contributed by atoms with van der Waals surface area (Å²) in [7, 11) is 0. The van der Waals surface area contributed by atoms with Gasteiger partial charge >= 0.3 is 12.1 Å². The highest BCUT2D eigenvalue weighted by Crippen LogP contribution is 2.32. The predicted molar refractivity (Wildman–Crippen MR) is 118 cm³/mol. The van der Waals surface area contributed by atoms with Gasteiger partial charge in [-0.05, 0) is 43.7 Å². The molecule has 1 amide bonds. The summed E-state index contributed by atoms with van der Waals surface area (Å²) in [6, 6.07) is 11.5. The van der Waals surface area contributed by atoms with Crippen LogP contribution in [-0.2, 0) is 17.5 Å². The van der Waals surface area contributed by atoms with Crippen LogP contribution in [0.2, 0.25) is 0 Å². The molecule has 0 aliphatic heterocycles. The minimum atomic E-state index is -4.71. The van der Waals surface area contributed by atoms with Crippen molar-refractivity contribution in [1.29, 1.82) is 0 Å². The molecule has 0 atom stereocenters. The van der Waals surface area contributed by atoms with Gasteiger partial charge in [0.15, 0.2) is 5.65 Å². The Morgan fingerprint density at radius 2 is 1.77 bits per heavy atom. The van der Waals surface area contributed by atoms with Crippen molar-refractivity contribution in [3.05, 3.63) is 98.7 Å². The molecule has 180 valence electrons. The summed E-state index contributed by atoms with van der Waals surface area (Å²) in [4.78, 5) is 41.6. The Kier molecular flexibility index (Phi) is 6.16. The van der Waals surface area contributed by atoms with E-state index in [1.807, 2.05) is 0 Å². The molecule has 0 unspecified atom stereocenters. The fourth-order valence-corrected chi connectivity index (χ4v) is 3.48. The van der Waals surface area contributed by atoms with Crippen LogP contribution in [0.15, 0.2) is 63.9 Å². The molecule has 0 aliphatic rings. The Bertz CT molecular complexity index is 1500. The van der Waals surface area contributed by atoms with E-state index in [-0.39, 0.29) is 29.2 Å². The van der Waals surface area contributed by atoms with Crippen LogP contribution in [0, 0.1) is 13.8 Å². The minimum Gasteiger partial charge on any atom is -0.456 e. The molecule has 0 saturated heterocycles. The fraction of sp³-hybridized carbons (Fsp3) is 0.167. The lowest BCUT2D eigenvalue weighted by atomic mass is 10.0. The van der Waals surface area contributed by atoms with Gasteiger partial charge in [-0.15, -0.1) is 4.57 Å². The maximum atomic E-state index is 13.3. The molecule has 0 fully saturated rings. The molecule has 35 heavy (non-hydrogen) atoms. The summed E-state index contributed by atoms with van der Waals surface area (Å²) in [6.45, 7) is 2.88. The third kappa shape index (κ3) is 4.93. The number of esters is 1. The van der Waals surface area contributed by atoms with Gasteiger partial charge in [0.1, 0.15) is 12.4 Å². The van der Waals surface area contributed by atoms with E-state index < -0.39 is 34.7 Å². The van der Waals surface area contributed by atoms with Crippen LogP contribution in [0.3, 0.4) is 0 Å². The number of nitrogens with one attached hydrogen (secondary N) is 1. The van der Waals surface area contributed by atoms with Crippen molar-refractivity contribution in [2.24, 2.45) is 0 Å². The van der Waals surface area contributed by atoms with Crippen LogP contribution in [-0.4, -0.2) is 21.4 Å². The van der Waals surface area contributed by atoms with Crippen LogP contribution in [0.25, 0.3) is 5.65 Å². The summed E-state index contributed by atoms with van der Waals surface area (Å²) in [5.74, 6) is -1.25. The number of hydrogen-bond acceptors (Lipinski definition) is 6. The maximum absolute atomic E-state index is 13.3. The van der Waals surface area contributed by atoms with Gasteiger partial charge in [-0.3, -0.25) is 9.59 Å². The van der Waals surface area contributed by atoms with Crippen molar-refractivity contribution in [2.75, 3.05) is 5.32 Å². The van der Waals surface area contributed by atoms with Gasteiger partial charge in [-0.2, -0.15) is 13.2 Å². The molecule has 11 heteroatoms. The maximum Gasteiger partial charge on any atom is 0.417 e. The lowest BCUT2D eigenvalue weighted by Crippen LogP contribution is -2.19. The average Bonchev–Trinajstić information content (AvgIpc) is 3.19. The highest BCUT2D eigenvalue weighted by molar-refractivity contribution is 6.06. The van der Waals surface area contributed by atoms with E-state index >= 15 is 0 Å². The highest BCUT2D eigenvalue weighted by Gasteiger charge is 2.35. The Labute approximate surface area is 195 Å². The van der Waals surface area contributed by atoms with Gasteiger partial charge in [0, 0.05) is 17.8 Å². The van der Waals surface area contributed by atoms with Crippen LogP contribution in [0.1, 0.15) is 43.3 Å². The molecular weight excluding hydrogens is 467 g/mol. The first-order valence-electron chi connectivity index (χ1n) is 10.3. The van der Waals surface area contributed by atoms with E-state index in [2.05, 4.69) is 10.3 Å². The van der Waals surface area contributed by atoms with Crippen LogP contribution >= 0.6 is 0 Å². The molecule has 2 aromatic carbocycles. The summed E-state index contributed by atoms with van der Waals surface area (Å²) >= 11 is 0. The first kappa shape index (κ1) is 23.7. The number of carbonyl (C=O) groups is 2. The number of anilines is 1. The second-order valence-corrected chi connectivity index (χ2v) is 7.64. The smallest absolute Gasteiger partial charge is 0.417 e. The third-order valence-corrected chi connectivity index (χ3v) is 5.15. The molecule has 2 heterocycles. The lowest BCUT2D eigenvalue weighted by molar-refractivity contribution is -0.137. The second kappa shape index (κ2) is 9.09. The number of aryl methyl sites for hydroxylation is 1. The minimum absolute atomic E-state index is 0.0869. The number of benzene rings is 2. The molecule has 8 nitrogen and oxygen atoms in total. The number of hydrogen-bond donors (Lipinski definition) is 1. The molecule has 0 radical (unpaired) electrons. The molecule has 0 spiro atoms. The van der Waals surface area contributed by atoms with E-state index in [0.717, 1.165) is 16.7 Å². The van der Waals surface area contributed by atoms with Crippen molar-refractivity contribution >= 4 is 23.2 Å². The monoisotopic (exact) mass is 485 g/mol. The Balaban J connectivity index is 1.52. The molecule has 4 rings (SSSR count). The van der Waals surface area contributed by atoms with Crippen LogP contribution in [0.5, 0.6) is 0 Å². The molecular formula is C24H18F3N3O5. The first-order valence-corrected chi connectivity index (χ1v) is 10.3. The van der Waals surface area contributed by atoms with Gasteiger partial charge in [-0.1, -0.05) is 18.2 Å². The van der Waals surface area contributed by atoms with E-state index in [9.17, 15) is 27.6 Å². The Hall–Kier alpha value is -4.41. The van der Waals surface area contributed by atoms with Crippen molar-refractivity contribution in [2.45, 2.75) is 26.6 Å². The predicted octanol–water partition coefficient (Wildman–Crippen LogP) is 4.53. The van der Waals surface area contributed by atoms with E-state index in [1.54, 1.807) is 13.0 Å². The van der Waals surface area contributed by atoms with Gasteiger partial charge < -0.3 is 14.6 Å². The van der Waals surface area contributed by atoms with Gasteiger partial charge in [0.2, 0.25) is 0 Å². The third-order valence-electron chi connectivity index (χ3n) is 5.15. The number of halogens is 3. The summed E-state index contributed by atoms with van der Waals surface area (Å²) in [5, 5.41) is 2.42. The SMILES string of the molecule is Cc1cc2nc(COC(=O)c3cccc(NC(=O)c4ccccc4C(F)(F)F)c3C)cc(=O)n2o1. The topological polar surface area (TPSA) is 103 Å². The van der Waals surface area contributed by atoms with Gasteiger partial charge in [-0.25, -0.2) is 9.78 Å². The quantitative estimate of drug-likeness (QED) is 0.417. The number of aromatic nitrogens is 2. The number of ether oxygens (including phenoxy) is 1. The second-order valence-electron chi connectivity index (χ2n) is 7.64. The zero-order valence-electron chi connectivity index (χ0n) is 18.5. The van der Waals surface area contributed by atoms with E-state index in [0.29, 0.717) is 11.3 Å². The number of amides is 1. The number of nitrogens with zero attached hydrogens (tertiary/aromatic N) is 2. The van der Waals surface area contributed by atoms with Crippen molar-refractivity contribution < 1.29 is 32.0 Å². The van der Waals surface area contributed by atoms with Crippen LogP contribution in [0.4, 0.5) is 18.9 Å². The molecule has 2 aromatic heterocycles. The molecule has 0 bridgehead atoms. The fourth-order valence-electron chi connectivity index (χ4n) is 3.48. The van der Waals surface area contributed by atoms with E-state index in [4.69, 9.17) is 9.26 Å². The molecule has 4 aromatic rings. The largest absolute Gasteiger partial charge is 0.456 e. The molecule has 0 saturated carbocycles. The lowest BCUT2D eigenvalue weighted by Gasteiger charge is -2.15. The number of rotatable bonds is 5. The summed E-state index contributed by atoms with van der Waals surface area (Å²) in [6.07, 6.45) is -4.71. The zero-order chi connectivity index (χ0) is 25.3. The van der Waals surface area contributed by atoms with Crippen molar-refractivity contribution in [3.63, 3.8) is 0 Å². The highest BCUT2D eigenvalue weighted by atomic mass is 19.4. The first-order chi connectivity index (χ1) is 16.5. The summed E-state index contributed by atoms with van der Waals surface area (Å²) < 4.78 is 51.3. The van der Waals surface area contributed by atoms with Crippen molar-refractivity contribution in [3.8, 4) is 0 Å². The Morgan fingerprint density at radius 1 is 1.06 bits per heavy atom. The van der Waals surface area contributed by atoms with E-state index in [1.165, 1.54) is 43.3 Å². The number of carbonyl (C=O) groups excluding carboxylic acids is 2. The molecule has 1 N–H and O–H groups in total. The zero-order valence-corrected chi connectivity index (χ0v) is 18.5. The average molecular weight is 485 g/mol.